The van der Waals surface area contributed by atoms with Gasteiger partial charge in [0.05, 0.1) is 30.3 Å². The molecule has 6 N–H and O–H groups in total. The van der Waals surface area contributed by atoms with Gasteiger partial charge < -0.3 is 40.5 Å². The number of nitrogens with one attached hydrogen (secondary N) is 1. The van der Waals surface area contributed by atoms with Crippen LogP contribution >= 0.6 is 27.5 Å². The predicted molar refractivity (Wildman–Crippen MR) is 151 cm³/mol. The fourth-order valence-corrected chi connectivity index (χ4v) is 5.19. The maximum absolute atomic E-state index is 11.7. The molecule has 0 radical (unpaired) electrons. The largest absolute Gasteiger partial charge is 0.496 e. The summed E-state index contributed by atoms with van der Waals surface area (Å²) in [6, 6.07) is 7.75. The molecular formula is C26H33BrClN5O6. The Kier molecular flexibility index (Phi) is 9.97. The highest BCUT2D eigenvalue weighted by molar-refractivity contribution is 9.10. The first kappa shape index (κ1) is 29.8. The highest BCUT2D eigenvalue weighted by Crippen LogP contribution is 2.37. The lowest BCUT2D eigenvalue weighted by atomic mass is 9.90. The number of hydrogen-bond donors (Lipinski definition) is 6. The van der Waals surface area contributed by atoms with Gasteiger partial charge in [0.2, 0.25) is 0 Å². The lowest BCUT2D eigenvalue weighted by Gasteiger charge is -2.43. The Morgan fingerprint density at radius 1 is 1.05 bits per heavy atom. The zero-order valence-electron chi connectivity index (χ0n) is 21.6. The number of piperazine rings is 1. The van der Waals surface area contributed by atoms with E-state index in [1.54, 1.807) is 18.2 Å². The number of aromatic nitrogens is 2. The van der Waals surface area contributed by atoms with E-state index in [1.807, 2.05) is 24.1 Å². The van der Waals surface area contributed by atoms with Gasteiger partial charge in [0.1, 0.15) is 42.3 Å². The summed E-state index contributed by atoms with van der Waals surface area (Å²) < 4.78 is 6.41. The second-order valence-corrected chi connectivity index (χ2v) is 10.9. The molecule has 2 aromatic carbocycles. The van der Waals surface area contributed by atoms with E-state index >= 15 is 0 Å². The van der Waals surface area contributed by atoms with Crippen molar-refractivity contribution < 1.29 is 30.3 Å². The lowest BCUT2D eigenvalue weighted by Crippen LogP contribution is -2.59. The Morgan fingerprint density at radius 2 is 1.77 bits per heavy atom. The Morgan fingerprint density at radius 3 is 2.41 bits per heavy atom. The fraction of sp³-hybridized carbons (Fsp3) is 0.462. The molecule has 4 rings (SSSR count). The number of rotatable bonds is 10. The van der Waals surface area contributed by atoms with Crippen LogP contribution in [0.15, 0.2) is 41.1 Å². The average molecular weight is 627 g/mol. The van der Waals surface area contributed by atoms with Gasteiger partial charge in [-0.1, -0.05) is 11.6 Å². The van der Waals surface area contributed by atoms with Gasteiger partial charge in [-0.25, -0.2) is 9.97 Å². The van der Waals surface area contributed by atoms with Crippen molar-refractivity contribution >= 4 is 49.9 Å². The molecule has 0 saturated carbocycles. The molecule has 1 saturated heterocycles. The van der Waals surface area contributed by atoms with Gasteiger partial charge in [0.15, 0.2) is 0 Å². The number of benzene rings is 2. The van der Waals surface area contributed by atoms with Crippen molar-refractivity contribution in [1.29, 1.82) is 0 Å². The van der Waals surface area contributed by atoms with E-state index in [0.29, 0.717) is 64.9 Å². The molecule has 11 nitrogen and oxygen atoms in total. The van der Waals surface area contributed by atoms with Crippen LogP contribution in [0.3, 0.4) is 0 Å². The van der Waals surface area contributed by atoms with E-state index in [4.69, 9.17) is 16.3 Å². The molecule has 0 spiro atoms. The van der Waals surface area contributed by atoms with Gasteiger partial charge in [-0.3, -0.25) is 4.90 Å². The monoisotopic (exact) mass is 625 g/mol. The van der Waals surface area contributed by atoms with Crippen LogP contribution in [-0.4, -0.2) is 117 Å². The topological polar surface area (TPSA) is 155 Å². The second-order valence-electron chi connectivity index (χ2n) is 9.59. The minimum absolute atomic E-state index is 0.324. The van der Waals surface area contributed by atoms with Crippen molar-refractivity contribution in [2.24, 2.45) is 0 Å². The number of likely N-dealkylation sites (N-methyl/N-ethyl adjacent to an activating group) is 1. The third-order valence-electron chi connectivity index (χ3n) is 7.05. The van der Waals surface area contributed by atoms with Gasteiger partial charge in [-0.05, 0) is 53.3 Å². The molecule has 1 fully saturated rings. The van der Waals surface area contributed by atoms with Gasteiger partial charge in [-0.15, -0.1) is 0 Å². The number of ether oxygens (including phenoxy) is 1. The van der Waals surface area contributed by atoms with Crippen LogP contribution in [0.25, 0.3) is 10.9 Å². The van der Waals surface area contributed by atoms with E-state index in [9.17, 15) is 25.5 Å². The van der Waals surface area contributed by atoms with Gasteiger partial charge in [0, 0.05) is 47.3 Å². The molecule has 3 aromatic rings. The maximum Gasteiger partial charge on any atom is 0.141 e. The van der Waals surface area contributed by atoms with Gasteiger partial charge in [-0.2, -0.15) is 0 Å². The molecule has 1 aliphatic rings. The molecule has 1 aliphatic heterocycles. The molecule has 13 heteroatoms. The molecule has 39 heavy (non-hydrogen) atoms. The van der Waals surface area contributed by atoms with E-state index in [-0.39, 0.29) is 0 Å². The third-order valence-corrected chi connectivity index (χ3v) is 8.28. The van der Waals surface area contributed by atoms with Crippen molar-refractivity contribution in [2.75, 3.05) is 52.3 Å². The minimum atomic E-state index is -1.68. The Hall–Kier alpha value is -2.13. The summed E-state index contributed by atoms with van der Waals surface area (Å²) >= 11 is 9.62. The van der Waals surface area contributed by atoms with Crippen LogP contribution in [-0.2, 0) is 0 Å². The molecule has 0 amide bonds. The number of aliphatic hydroxyl groups excluding tert-OH is 5. The zero-order valence-corrected chi connectivity index (χ0v) is 23.9. The van der Waals surface area contributed by atoms with Crippen LogP contribution < -0.4 is 10.1 Å². The highest BCUT2D eigenvalue weighted by atomic mass is 79.9. The van der Waals surface area contributed by atoms with E-state index in [2.05, 4.69) is 36.1 Å². The van der Waals surface area contributed by atoms with Crippen LogP contribution in [0.2, 0.25) is 5.02 Å². The first-order valence-electron chi connectivity index (χ1n) is 12.4. The highest BCUT2D eigenvalue weighted by Gasteiger charge is 2.41. The van der Waals surface area contributed by atoms with E-state index in [0.717, 1.165) is 4.47 Å². The zero-order chi connectivity index (χ0) is 28.3. The summed E-state index contributed by atoms with van der Waals surface area (Å²) in [5, 5.41) is 57.1. The smallest absolute Gasteiger partial charge is 0.141 e. The summed E-state index contributed by atoms with van der Waals surface area (Å²) in [5.41, 5.74) is 1.56. The standard InChI is InChI=1S/C26H33BrClN5O6/c1-32-5-7-33(8-6-32)22(25(38)24(37)20(35)12-34)23(36)16-10-19-15(11-21(16)39-2)26(30-13-29-19)31-14-3-4-17(27)18(28)9-14/h3-4,9-11,13,20,22-25,34-38H,5-8,12H2,1-2H3,(H,29,30,31)/t20-,22-,23?,24+,25+/m1/s1. The molecule has 2 heterocycles. The number of halogens is 2. The summed E-state index contributed by atoms with van der Waals surface area (Å²) in [6.07, 6.45) is -4.77. The van der Waals surface area contributed by atoms with E-state index < -0.39 is 37.1 Å². The summed E-state index contributed by atoms with van der Waals surface area (Å²) in [6.45, 7) is 1.66. The second kappa shape index (κ2) is 13.0. The number of methoxy groups -OCH3 is 1. The number of hydrogen-bond acceptors (Lipinski definition) is 11. The third kappa shape index (κ3) is 6.62. The van der Waals surface area contributed by atoms with Gasteiger partial charge >= 0.3 is 0 Å². The van der Waals surface area contributed by atoms with Crippen molar-refractivity contribution in [2.45, 2.75) is 30.5 Å². The molecule has 0 aliphatic carbocycles. The lowest BCUT2D eigenvalue weighted by molar-refractivity contribution is -0.128. The number of nitrogens with zero attached hydrogens (tertiary/aromatic N) is 4. The Labute approximate surface area is 239 Å². The predicted octanol–water partition coefficient (Wildman–Crippen LogP) is 1.52. The summed E-state index contributed by atoms with van der Waals surface area (Å²) in [4.78, 5) is 12.7. The summed E-state index contributed by atoms with van der Waals surface area (Å²) in [7, 11) is 3.44. The SMILES string of the molecule is COc1cc2c(Nc3ccc(Br)c(Cl)c3)ncnc2cc1C(O)[C@H]([C@H](O)[C@@H](O)[C@H](O)CO)N1CCN(C)CC1. The Balaban J connectivity index is 1.73. The molecule has 0 bridgehead atoms. The molecule has 212 valence electrons. The van der Waals surface area contributed by atoms with Crippen LogP contribution in [0.4, 0.5) is 11.5 Å². The normalized spacial score (nSPS) is 18.9. The molecule has 1 aromatic heterocycles. The van der Waals surface area contributed by atoms with Crippen LogP contribution in [0.5, 0.6) is 5.75 Å². The van der Waals surface area contributed by atoms with Gasteiger partial charge in [0.25, 0.3) is 0 Å². The fourth-order valence-electron chi connectivity index (χ4n) is 4.76. The van der Waals surface area contributed by atoms with Crippen molar-refractivity contribution in [1.82, 2.24) is 19.8 Å². The van der Waals surface area contributed by atoms with Crippen LogP contribution in [0, 0.1) is 0 Å². The van der Waals surface area contributed by atoms with Crippen LogP contribution in [0.1, 0.15) is 11.7 Å². The molecular weight excluding hydrogens is 594 g/mol. The first-order valence-corrected chi connectivity index (χ1v) is 13.6. The number of aliphatic hydroxyl groups is 5. The Bertz CT molecular complexity index is 1280. The number of anilines is 2. The molecule has 5 atom stereocenters. The summed E-state index contributed by atoms with van der Waals surface area (Å²) in [5.74, 6) is 0.820. The van der Waals surface area contributed by atoms with E-state index in [1.165, 1.54) is 13.4 Å². The first-order chi connectivity index (χ1) is 18.6. The maximum atomic E-state index is 11.7. The van der Waals surface area contributed by atoms with Crippen molar-refractivity contribution in [3.05, 3.63) is 51.7 Å². The van der Waals surface area contributed by atoms with Crippen molar-refractivity contribution in [3.8, 4) is 5.75 Å². The quantitative estimate of drug-likeness (QED) is 0.194. The van der Waals surface area contributed by atoms with Crippen molar-refractivity contribution in [3.63, 3.8) is 0 Å². The number of fused-ring (bicyclic) bond motifs is 1. The average Bonchev–Trinajstić information content (AvgIpc) is 2.94. The minimum Gasteiger partial charge on any atom is -0.496 e. The molecule has 1 unspecified atom stereocenters.